The summed E-state index contributed by atoms with van der Waals surface area (Å²) in [6, 6.07) is 11.3. The number of rotatable bonds is 5. The summed E-state index contributed by atoms with van der Waals surface area (Å²) in [4.78, 5) is 0. The van der Waals surface area contributed by atoms with Gasteiger partial charge in [0.25, 0.3) is 0 Å². The van der Waals surface area contributed by atoms with Crippen LogP contribution in [0.4, 0.5) is 4.39 Å². The number of hydrogen-bond acceptors (Lipinski definition) is 2. The van der Waals surface area contributed by atoms with Gasteiger partial charge < -0.3 is 10.1 Å². The molecule has 0 saturated carbocycles. The molecule has 112 valence electrons. The molecule has 0 heterocycles. The number of aryl methyl sites for hydroxylation is 1. The summed E-state index contributed by atoms with van der Waals surface area (Å²) < 4.78 is 19.8. The Bertz CT molecular complexity index is 623. The van der Waals surface area contributed by atoms with E-state index in [0.717, 1.165) is 16.7 Å². The van der Waals surface area contributed by atoms with Crippen LogP contribution in [0.5, 0.6) is 11.5 Å². The third-order valence-corrected chi connectivity index (χ3v) is 3.49. The van der Waals surface area contributed by atoms with Crippen LogP contribution in [-0.2, 0) is 6.54 Å². The van der Waals surface area contributed by atoms with Crippen LogP contribution in [0.15, 0.2) is 36.4 Å². The monoisotopic (exact) mass is 287 g/mol. The van der Waals surface area contributed by atoms with Crippen LogP contribution in [-0.4, -0.2) is 6.04 Å². The van der Waals surface area contributed by atoms with Crippen LogP contribution in [0.1, 0.15) is 30.5 Å². The molecule has 0 amide bonds. The summed E-state index contributed by atoms with van der Waals surface area (Å²) in [5.41, 5.74) is 3.07. The van der Waals surface area contributed by atoms with Crippen molar-refractivity contribution in [3.8, 4) is 11.5 Å². The zero-order valence-electron chi connectivity index (χ0n) is 13.0. The molecular formula is C18H22FNO. The summed E-state index contributed by atoms with van der Waals surface area (Å²) in [5.74, 6) is 0.623. The van der Waals surface area contributed by atoms with Gasteiger partial charge in [0.05, 0.1) is 0 Å². The fourth-order valence-corrected chi connectivity index (χ4v) is 2.01. The molecule has 0 aromatic heterocycles. The topological polar surface area (TPSA) is 21.3 Å². The number of hydrogen-bond donors (Lipinski definition) is 1. The SMILES string of the molecule is Cc1cccc(Oc2ccc(CNC(C)C)cc2F)c1C. The van der Waals surface area contributed by atoms with Crippen LogP contribution >= 0.6 is 0 Å². The van der Waals surface area contributed by atoms with Gasteiger partial charge in [-0.25, -0.2) is 4.39 Å². The lowest BCUT2D eigenvalue weighted by Gasteiger charge is -2.13. The molecule has 2 nitrogen and oxygen atoms in total. The molecule has 3 heteroatoms. The largest absolute Gasteiger partial charge is 0.454 e. The molecule has 21 heavy (non-hydrogen) atoms. The van der Waals surface area contributed by atoms with Crippen molar-refractivity contribution < 1.29 is 9.13 Å². The van der Waals surface area contributed by atoms with E-state index in [4.69, 9.17) is 4.74 Å². The van der Waals surface area contributed by atoms with Gasteiger partial charge in [-0.15, -0.1) is 0 Å². The molecule has 2 aromatic rings. The van der Waals surface area contributed by atoms with Crippen LogP contribution in [0.2, 0.25) is 0 Å². The number of halogens is 1. The molecule has 0 spiro atoms. The Kier molecular flexibility index (Phi) is 4.97. The Morgan fingerprint density at radius 1 is 1.10 bits per heavy atom. The molecule has 0 unspecified atom stereocenters. The first-order valence-corrected chi connectivity index (χ1v) is 7.23. The predicted molar refractivity (Wildman–Crippen MR) is 84.4 cm³/mol. The molecule has 0 fully saturated rings. The van der Waals surface area contributed by atoms with Gasteiger partial charge in [0, 0.05) is 12.6 Å². The Morgan fingerprint density at radius 3 is 2.52 bits per heavy atom. The molecule has 0 radical (unpaired) electrons. The van der Waals surface area contributed by atoms with Crippen molar-refractivity contribution in [1.82, 2.24) is 5.32 Å². The molecule has 0 atom stereocenters. The lowest BCUT2D eigenvalue weighted by molar-refractivity contribution is 0.438. The summed E-state index contributed by atoms with van der Waals surface area (Å²) in [6.07, 6.45) is 0. The summed E-state index contributed by atoms with van der Waals surface area (Å²) in [6.45, 7) is 8.77. The van der Waals surface area contributed by atoms with Crippen LogP contribution in [0.25, 0.3) is 0 Å². The molecule has 2 rings (SSSR count). The standard InChI is InChI=1S/C18H22FNO/c1-12(2)20-11-15-8-9-18(16(19)10-15)21-17-7-5-6-13(3)14(17)4/h5-10,12,20H,11H2,1-4H3. The van der Waals surface area contributed by atoms with Crippen molar-refractivity contribution in [2.24, 2.45) is 0 Å². The maximum atomic E-state index is 14.1. The highest BCUT2D eigenvalue weighted by molar-refractivity contribution is 5.42. The van der Waals surface area contributed by atoms with Crippen molar-refractivity contribution in [2.75, 3.05) is 0 Å². The van der Waals surface area contributed by atoms with Gasteiger partial charge in [-0.2, -0.15) is 0 Å². The molecule has 0 aliphatic carbocycles. The Morgan fingerprint density at radius 2 is 1.86 bits per heavy atom. The lowest BCUT2D eigenvalue weighted by atomic mass is 10.1. The molecule has 0 aliphatic heterocycles. The second-order valence-electron chi connectivity index (χ2n) is 5.60. The number of benzene rings is 2. The Balaban J connectivity index is 2.16. The maximum absolute atomic E-state index is 14.1. The third kappa shape index (κ3) is 4.05. The van der Waals surface area contributed by atoms with E-state index in [-0.39, 0.29) is 11.6 Å². The van der Waals surface area contributed by atoms with Gasteiger partial charge in [-0.1, -0.05) is 32.0 Å². The van der Waals surface area contributed by atoms with Gasteiger partial charge in [0.15, 0.2) is 11.6 Å². The Hall–Kier alpha value is -1.87. The summed E-state index contributed by atoms with van der Waals surface area (Å²) in [7, 11) is 0. The van der Waals surface area contributed by atoms with Gasteiger partial charge in [-0.3, -0.25) is 0 Å². The summed E-state index contributed by atoms with van der Waals surface area (Å²) in [5, 5.41) is 3.27. The fourth-order valence-electron chi connectivity index (χ4n) is 2.01. The van der Waals surface area contributed by atoms with Crippen LogP contribution in [0, 0.1) is 19.7 Å². The summed E-state index contributed by atoms with van der Waals surface area (Å²) >= 11 is 0. The smallest absolute Gasteiger partial charge is 0.166 e. The normalized spacial score (nSPS) is 11.0. The Labute approximate surface area is 126 Å². The molecule has 0 bridgehead atoms. The lowest BCUT2D eigenvalue weighted by Crippen LogP contribution is -2.21. The molecule has 2 aromatic carbocycles. The van der Waals surface area contributed by atoms with E-state index in [1.807, 2.05) is 38.1 Å². The maximum Gasteiger partial charge on any atom is 0.166 e. The minimum Gasteiger partial charge on any atom is -0.454 e. The fraction of sp³-hybridized carbons (Fsp3) is 0.333. The quantitative estimate of drug-likeness (QED) is 0.858. The van der Waals surface area contributed by atoms with E-state index in [0.29, 0.717) is 18.3 Å². The van der Waals surface area contributed by atoms with Gasteiger partial charge >= 0.3 is 0 Å². The minimum atomic E-state index is -0.334. The second kappa shape index (κ2) is 6.72. The molecule has 0 aliphatic rings. The number of nitrogens with one attached hydrogen (secondary N) is 1. The minimum absolute atomic E-state index is 0.261. The first-order chi connectivity index (χ1) is 9.97. The van der Waals surface area contributed by atoms with Gasteiger partial charge in [0.1, 0.15) is 5.75 Å². The highest BCUT2D eigenvalue weighted by Crippen LogP contribution is 2.29. The van der Waals surface area contributed by atoms with Gasteiger partial charge in [0.2, 0.25) is 0 Å². The zero-order chi connectivity index (χ0) is 15.4. The predicted octanol–water partition coefficient (Wildman–Crippen LogP) is 4.73. The van der Waals surface area contributed by atoms with E-state index >= 15 is 0 Å². The highest BCUT2D eigenvalue weighted by atomic mass is 19.1. The van der Waals surface area contributed by atoms with Crippen LogP contribution < -0.4 is 10.1 Å². The first kappa shape index (κ1) is 15.5. The highest BCUT2D eigenvalue weighted by Gasteiger charge is 2.09. The average Bonchev–Trinajstić information content (AvgIpc) is 2.44. The van der Waals surface area contributed by atoms with Crippen LogP contribution in [0.3, 0.4) is 0 Å². The average molecular weight is 287 g/mol. The van der Waals surface area contributed by atoms with Gasteiger partial charge in [-0.05, 0) is 48.7 Å². The van der Waals surface area contributed by atoms with Crippen molar-refractivity contribution >= 4 is 0 Å². The van der Waals surface area contributed by atoms with Crippen molar-refractivity contribution in [2.45, 2.75) is 40.3 Å². The van der Waals surface area contributed by atoms with E-state index in [1.165, 1.54) is 6.07 Å². The zero-order valence-corrected chi connectivity index (χ0v) is 13.0. The van der Waals surface area contributed by atoms with Crippen molar-refractivity contribution in [3.05, 3.63) is 58.9 Å². The second-order valence-corrected chi connectivity index (χ2v) is 5.60. The first-order valence-electron chi connectivity index (χ1n) is 7.23. The molecular weight excluding hydrogens is 265 g/mol. The van der Waals surface area contributed by atoms with E-state index in [1.54, 1.807) is 6.07 Å². The molecule has 0 saturated heterocycles. The van der Waals surface area contributed by atoms with Crippen molar-refractivity contribution in [3.63, 3.8) is 0 Å². The van der Waals surface area contributed by atoms with E-state index in [2.05, 4.69) is 19.2 Å². The van der Waals surface area contributed by atoms with Crippen molar-refractivity contribution in [1.29, 1.82) is 0 Å². The third-order valence-electron chi connectivity index (χ3n) is 3.49. The van der Waals surface area contributed by atoms with E-state index in [9.17, 15) is 4.39 Å². The van der Waals surface area contributed by atoms with E-state index < -0.39 is 0 Å². The molecule has 1 N–H and O–H groups in total. The number of ether oxygens (including phenoxy) is 1.